The van der Waals surface area contributed by atoms with Gasteiger partial charge < -0.3 is 10.2 Å². The first kappa shape index (κ1) is 19.4. The van der Waals surface area contributed by atoms with Gasteiger partial charge in [0.15, 0.2) is 0 Å². The Morgan fingerprint density at radius 1 is 0.933 bits per heavy atom. The number of phenolic OH excluding ortho intramolecular Hbond substituents is 1. The van der Waals surface area contributed by atoms with Crippen molar-refractivity contribution in [2.45, 2.75) is 13.0 Å². The summed E-state index contributed by atoms with van der Waals surface area (Å²) >= 11 is 0. The van der Waals surface area contributed by atoms with Gasteiger partial charge in [-0.25, -0.2) is 4.39 Å². The molecule has 6 heteroatoms. The molecule has 30 heavy (non-hydrogen) atoms. The number of hydrogen-bond donors (Lipinski definition) is 2. The van der Waals surface area contributed by atoms with Crippen molar-refractivity contribution in [1.82, 2.24) is 0 Å². The fraction of sp³-hybridized carbons (Fsp3) is 0.0833. The number of aliphatic hydroxyl groups is 1. The van der Waals surface area contributed by atoms with Crippen LogP contribution in [0.25, 0.3) is 5.76 Å². The van der Waals surface area contributed by atoms with Gasteiger partial charge in [-0.1, -0.05) is 60.2 Å². The lowest BCUT2D eigenvalue weighted by Gasteiger charge is -2.26. The number of aliphatic hydroxyl groups excluding tert-OH is 1. The number of carbonyl (C=O) groups excluding carboxylic acids is 2. The minimum atomic E-state index is -1.24. The van der Waals surface area contributed by atoms with Crippen molar-refractivity contribution in [3.63, 3.8) is 0 Å². The Labute approximate surface area is 172 Å². The lowest BCUT2D eigenvalue weighted by Crippen LogP contribution is -2.29. The molecule has 0 saturated carbocycles. The molecule has 1 heterocycles. The normalized spacial score (nSPS) is 18.1. The predicted molar refractivity (Wildman–Crippen MR) is 110 cm³/mol. The third kappa shape index (κ3) is 3.12. The monoisotopic (exact) mass is 403 g/mol. The Bertz CT molecular complexity index is 1180. The van der Waals surface area contributed by atoms with Crippen molar-refractivity contribution in [3.8, 4) is 5.75 Å². The molecule has 1 aliphatic rings. The zero-order valence-electron chi connectivity index (χ0n) is 16.0. The fourth-order valence-corrected chi connectivity index (χ4v) is 3.61. The van der Waals surface area contributed by atoms with E-state index in [1.165, 1.54) is 30.3 Å². The Hall–Kier alpha value is -3.93. The van der Waals surface area contributed by atoms with Crippen LogP contribution in [0.1, 0.15) is 22.7 Å². The number of anilines is 1. The molecule has 3 aromatic carbocycles. The molecule has 1 amide bonds. The number of para-hydroxylation sites is 2. The molecule has 0 aliphatic carbocycles. The van der Waals surface area contributed by atoms with E-state index in [1.807, 2.05) is 6.92 Å². The lowest BCUT2D eigenvalue weighted by molar-refractivity contribution is -0.132. The summed E-state index contributed by atoms with van der Waals surface area (Å²) in [6, 6.07) is 17.2. The van der Waals surface area contributed by atoms with Crippen molar-refractivity contribution >= 4 is 23.1 Å². The molecule has 1 saturated heterocycles. The van der Waals surface area contributed by atoms with Crippen molar-refractivity contribution in [1.29, 1.82) is 0 Å². The molecule has 150 valence electrons. The van der Waals surface area contributed by atoms with Crippen LogP contribution in [0.2, 0.25) is 0 Å². The van der Waals surface area contributed by atoms with Crippen LogP contribution in [-0.4, -0.2) is 21.9 Å². The molecule has 5 nitrogen and oxygen atoms in total. The molecular weight excluding hydrogens is 385 g/mol. The van der Waals surface area contributed by atoms with Gasteiger partial charge in [0, 0.05) is 11.1 Å². The van der Waals surface area contributed by atoms with E-state index in [4.69, 9.17) is 0 Å². The number of nitrogens with zero attached hydrogens (tertiary/aromatic N) is 1. The molecule has 1 atom stereocenters. The number of halogens is 1. The molecule has 1 unspecified atom stereocenters. The average molecular weight is 403 g/mol. The number of hydrogen-bond acceptors (Lipinski definition) is 4. The van der Waals surface area contributed by atoms with Crippen LogP contribution in [-0.2, 0) is 9.59 Å². The number of amides is 1. The highest BCUT2D eigenvalue weighted by molar-refractivity contribution is 6.51. The SMILES string of the molecule is Cc1ccc(/C(O)=C2\C(=O)C(=O)N(c3ccccc3O)C2c2ccccc2F)cc1. The molecule has 0 bridgehead atoms. The van der Waals surface area contributed by atoms with E-state index in [2.05, 4.69) is 0 Å². The van der Waals surface area contributed by atoms with Crippen molar-refractivity contribution < 1.29 is 24.2 Å². The smallest absolute Gasteiger partial charge is 0.300 e. The highest BCUT2D eigenvalue weighted by Gasteiger charge is 2.48. The van der Waals surface area contributed by atoms with Crippen molar-refractivity contribution in [3.05, 3.63) is 101 Å². The highest BCUT2D eigenvalue weighted by atomic mass is 19.1. The lowest BCUT2D eigenvalue weighted by atomic mass is 9.94. The van der Waals surface area contributed by atoms with Gasteiger partial charge in [0.2, 0.25) is 0 Å². The Morgan fingerprint density at radius 3 is 2.23 bits per heavy atom. The first-order valence-electron chi connectivity index (χ1n) is 9.30. The van der Waals surface area contributed by atoms with Gasteiger partial charge in [-0.15, -0.1) is 0 Å². The predicted octanol–water partition coefficient (Wildman–Crippen LogP) is 4.47. The fourth-order valence-electron chi connectivity index (χ4n) is 3.61. The van der Waals surface area contributed by atoms with E-state index in [0.717, 1.165) is 10.5 Å². The van der Waals surface area contributed by atoms with Crippen LogP contribution in [0.5, 0.6) is 5.75 Å². The highest BCUT2D eigenvalue weighted by Crippen LogP contribution is 2.45. The average Bonchev–Trinajstić information content (AvgIpc) is 2.99. The molecule has 0 radical (unpaired) electrons. The van der Waals surface area contributed by atoms with Crippen LogP contribution >= 0.6 is 0 Å². The molecule has 4 rings (SSSR count). The summed E-state index contributed by atoms with van der Waals surface area (Å²) in [5, 5.41) is 21.3. The van der Waals surface area contributed by atoms with Gasteiger partial charge in [0.25, 0.3) is 11.7 Å². The number of phenols is 1. The summed E-state index contributed by atoms with van der Waals surface area (Å²) in [6.07, 6.45) is 0. The standard InChI is InChI=1S/C24H18FNO4/c1-14-10-12-15(13-11-14)22(28)20-21(16-6-2-3-7-17(16)25)26(24(30)23(20)29)18-8-4-5-9-19(18)27/h2-13,21,27-28H,1H3/b22-20+. The molecule has 0 aromatic heterocycles. The number of carbonyl (C=O) groups is 2. The van der Waals surface area contributed by atoms with Crippen LogP contribution in [0.4, 0.5) is 10.1 Å². The summed E-state index contributed by atoms with van der Waals surface area (Å²) in [4.78, 5) is 26.9. The summed E-state index contributed by atoms with van der Waals surface area (Å²) in [6.45, 7) is 1.88. The summed E-state index contributed by atoms with van der Waals surface area (Å²) in [7, 11) is 0. The van der Waals surface area contributed by atoms with E-state index >= 15 is 0 Å². The van der Waals surface area contributed by atoms with Gasteiger partial charge in [-0.2, -0.15) is 0 Å². The number of aromatic hydroxyl groups is 1. The van der Waals surface area contributed by atoms with E-state index in [-0.39, 0.29) is 22.6 Å². The summed E-state index contributed by atoms with van der Waals surface area (Å²) < 4.78 is 14.8. The number of rotatable bonds is 3. The zero-order valence-corrected chi connectivity index (χ0v) is 16.0. The van der Waals surface area contributed by atoms with Crippen molar-refractivity contribution in [2.24, 2.45) is 0 Å². The maximum atomic E-state index is 14.8. The third-order valence-corrected chi connectivity index (χ3v) is 5.11. The molecule has 1 fully saturated rings. The van der Waals surface area contributed by atoms with Crippen LogP contribution in [0.3, 0.4) is 0 Å². The second kappa shape index (κ2) is 7.48. The van der Waals surface area contributed by atoms with Crippen LogP contribution < -0.4 is 4.90 Å². The summed E-state index contributed by atoms with van der Waals surface area (Å²) in [5.41, 5.74) is 1.13. The van der Waals surface area contributed by atoms with E-state index in [1.54, 1.807) is 42.5 Å². The molecular formula is C24H18FNO4. The Balaban J connectivity index is 1.99. The van der Waals surface area contributed by atoms with Crippen molar-refractivity contribution in [2.75, 3.05) is 4.90 Å². The second-order valence-electron chi connectivity index (χ2n) is 7.05. The second-order valence-corrected chi connectivity index (χ2v) is 7.05. The maximum absolute atomic E-state index is 14.8. The quantitative estimate of drug-likeness (QED) is 0.384. The molecule has 1 aliphatic heterocycles. The minimum absolute atomic E-state index is 0.0358. The van der Waals surface area contributed by atoms with Gasteiger partial charge in [-0.05, 0) is 25.1 Å². The van der Waals surface area contributed by atoms with Gasteiger partial charge in [0.1, 0.15) is 17.3 Å². The maximum Gasteiger partial charge on any atom is 0.300 e. The van der Waals surface area contributed by atoms with E-state index < -0.39 is 29.3 Å². The first-order valence-corrected chi connectivity index (χ1v) is 9.30. The third-order valence-electron chi connectivity index (χ3n) is 5.11. The van der Waals surface area contributed by atoms with Gasteiger partial charge in [-0.3, -0.25) is 14.5 Å². The van der Waals surface area contributed by atoms with Gasteiger partial charge in [0.05, 0.1) is 17.3 Å². The van der Waals surface area contributed by atoms with Crippen LogP contribution in [0.15, 0.2) is 78.4 Å². The number of ketones is 1. The topological polar surface area (TPSA) is 77.8 Å². The molecule has 3 aromatic rings. The Kier molecular flexibility index (Phi) is 4.83. The Morgan fingerprint density at radius 2 is 1.57 bits per heavy atom. The summed E-state index contributed by atoms with van der Waals surface area (Å²) in [5.74, 6) is -3.20. The van der Waals surface area contributed by atoms with Gasteiger partial charge >= 0.3 is 0 Å². The number of benzene rings is 3. The van der Waals surface area contributed by atoms with E-state index in [9.17, 15) is 24.2 Å². The minimum Gasteiger partial charge on any atom is -0.507 e. The number of aryl methyl sites for hydroxylation is 1. The van der Waals surface area contributed by atoms with E-state index in [0.29, 0.717) is 5.56 Å². The first-order chi connectivity index (χ1) is 14.4. The van der Waals surface area contributed by atoms with Crippen LogP contribution in [0, 0.1) is 12.7 Å². The molecule has 0 spiro atoms. The molecule has 2 N–H and O–H groups in total. The largest absolute Gasteiger partial charge is 0.507 e. The zero-order chi connectivity index (χ0) is 21.4. The number of Topliss-reactive ketones (excluding diaryl/α,β-unsaturated/α-hetero) is 1.